The highest BCUT2D eigenvalue weighted by Crippen LogP contribution is 2.33. The second-order valence-electron chi connectivity index (χ2n) is 5.86. The van der Waals surface area contributed by atoms with E-state index in [4.69, 9.17) is 0 Å². The van der Waals surface area contributed by atoms with Gasteiger partial charge in [-0.15, -0.1) is 11.3 Å². The van der Waals surface area contributed by atoms with Crippen LogP contribution in [0.2, 0.25) is 0 Å². The van der Waals surface area contributed by atoms with E-state index >= 15 is 0 Å². The van der Waals surface area contributed by atoms with E-state index in [1.165, 1.54) is 30.4 Å². The highest BCUT2D eigenvalue weighted by atomic mass is 32.1. The van der Waals surface area contributed by atoms with E-state index in [2.05, 4.69) is 28.6 Å². The quantitative estimate of drug-likeness (QED) is 0.716. The summed E-state index contributed by atoms with van der Waals surface area (Å²) in [4.78, 5) is 17.9. The normalized spacial score (nSPS) is 14.2. The van der Waals surface area contributed by atoms with E-state index < -0.39 is 0 Å². The van der Waals surface area contributed by atoms with Crippen LogP contribution >= 0.6 is 11.3 Å². The van der Waals surface area contributed by atoms with Crippen LogP contribution < -0.4 is 5.56 Å². The van der Waals surface area contributed by atoms with Crippen LogP contribution in [0.15, 0.2) is 34.7 Å². The molecule has 0 spiro atoms. The SMILES string of the molecule is CCn1cnc2scc(-c3ccc4c(c3)CCCC4)c2c1=O. The fraction of sp³-hybridized carbons (Fsp3) is 0.333. The Bertz CT molecular complexity index is 907. The highest BCUT2D eigenvalue weighted by Gasteiger charge is 2.15. The molecule has 0 aliphatic heterocycles. The number of aromatic nitrogens is 2. The molecule has 2 heterocycles. The van der Waals surface area contributed by atoms with Crippen LogP contribution in [0.25, 0.3) is 21.3 Å². The molecule has 0 saturated carbocycles. The minimum atomic E-state index is 0.0708. The van der Waals surface area contributed by atoms with Crippen LogP contribution in [-0.2, 0) is 19.4 Å². The highest BCUT2D eigenvalue weighted by molar-refractivity contribution is 7.17. The van der Waals surface area contributed by atoms with Gasteiger partial charge in [-0.2, -0.15) is 0 Å². The average Bonchev–Trinajstić information content (AvgIpc) is 3.00. The molecular formula is C18H18N2OS. The van der Waals surface area contributed by atoms with Gasteiger partial charge in [-0.25, -0.2) is 4.98 Å². The van der Waals surface area contributed by atoms with E-state index in [-0.39, 0.29) is 5.56 Å². The fourth-order valence-electron chi connectivity index (χ4n) is 3.31. The van der Waals surface area contributed by atoms with Crippen LogP contribution in [0.4, 0.5) is 0 Å². The fourth-order valence-corrected chi connectivity index (χ4v) is 4.21. The molecule has 1 aromatic carbocycles. The molecular weight excluding hydrogens is 292 g/mol. The molecule has 112 valence electrons. The van der Waals surface area contributed by atoms with Crippen molar-refractivity contribution in [2.45, 2.75) is 39.2 Å². The van der Waals surface area contributed by atoms with Crippen LogP contribution in [0.5, 0.6) is 0 Å². The van der Waals surface area contributed by atoms with Crippen LogP contribution in [0, 0.1) is 0 Å². The molecule has 3 aromatic rings. The lowest BCUT2D eigenvalue weighted by Gasteiger charge is -2.16. The zero-order valence-corrected chi connectivity index (χ0v) is 13.4. The molecule has 3 nitrogen and oxygen atoms in total. The largest absolute Gasteiger partial charge is 0.299 e. The zero-order chi connectivity index (χ0) is 15.1. The number of fused-ring (bicyclic) bond motifs is 2. The summed E-state index contributed by atoms with van der Waals surface area (Å²) in [5.74, 6) is 0. The molecule has 1 aliphatic carbocycles. The maximum atomic E-state index is 12.6. The first-order chi connectivity index (χ1) is 10.8. The summed E-state index contributed by atoms with van der Waals surface area (Å²) in [5, 5.41) is 2.84. The number of hydrogen-bond acceptors (Lipinski definition) is 3. The van der Waals surface area contributed by atoms with Crippen molar-refractivity contribution in [2.75, 3.05) is 0 Å². The number of thiophene rings is 1. The van der Waals surface area contributed by atoms with Gasteiger partial charge in [0.05, 0.1) is 11.7 Å². The van der Waals surface area contributed by atoms with Gasteiger partial charge in [0.25, 0.3) is 5.56 Å². The average molecular weight is 310 g/mol. The number of benzene rings is 1. The third kappa shape index (κ3) is 2.10. The third-order valence-corrected chi connectivity index (χ3v) is 5.45. The number of hydrogen-bond donors (Lipinski definition) is 0. The van der Waals surface area contributed by atoms with Crippen LogP contribution in [0.3, 0.4) is 0 Å². The van der Waals surface area contributed by atoms with Gasteiger partial charge < -0.3 is 0 Å². The maximum Gasteiger partial charge on any atom is 0.262 e. The Morgan fingerprint density at radius 3 is 2.86 bits per heavy atom. The van der Waals surface area contributed by atoms with E-state index in [0.717, 1.165) is 27.8 Å². The molecule has 0 N–H and O–H groups in total. The van der Waals surface area contributed by atoms with Crippen LogP contribution in [0.1, 0.15) is 30.9 Å². The lowest BCUT2D eigenvalue weighted by atomic mass is 9.89. The van der Waals surface area contributed by atoms with E-state index in [1.807, 2.05) is 6.92 Å². The summed E-state index contributed by atoms with van der Waals surface area (Å²) < 4.78 is 1.68. The maximum absolute atomic E-state index is 12.6. The molecule has 0 atom stereocenters. The summed E-state index contributed by atoms with van der Waals surface area (Å²) >= 11 is 1.56. The summed E-state index contributed by atoms with van der Waals surface area (Å²) in [6.07, 6.45) is 6.55. The Kier molecular flexibility index (Phi) is 3.34. The molecule has 0 amide bonds. The molecule has 0 fully saturated rings. The van der Waals surface area contributed by atoms with Gasteiger partial charge in [0.2, 0.25) is 0 Å². The topological polar surface area (TPSA) is 34.9 Å². The Labute approximate surface area is 133 Å². The first kappa shape index (κ1) is 13.7. The van der Waals surface area contributed by atoms with Gasteiger partial charge in [-0.05, 0) is 49.3 Å². The molecule has 0 radical (unpaired) electrons. The van der Waals surface area contributed by atoms with Crippen molar-refractivity contribution in [2.24, 2.45) is 0 Å². The van der Waals surface area contributed by atoms with Gasteiger partial charge in [0.1, 0.15) is 4.83 Å². The monoisotopic (exact) mass is 310 g/mol. The molecule has 4 heteroatoms. The van der Waals surface area contributed by atoms with Crippen molar-refractivity contribution in [3.8, 4) is 11.1 Å². The van der Waals surface area contributed by atoms with Gasteiger partial charge in [-0.1, -0.05) is 18.2 Å². The predicted octanol–water partition coefficient (Wildman–Crippen LogP) is 4.02. The lowest BCUT2D eigenvalue weighted by molar-refractivity contribution is 0.686. The smallest absolute Gasteiger partial charge is 0.262 e. The number of aryl methyl sites for hydroxylation is 3. The van der Waals surface area contributed by atoms with Gasteiger partial charge in [0, 0.05) is 17.5 Å². The van der Waals surface area contributed by atoms with Gasteiger partial charge in [-0.3, -0.25) is 9.36 Å². The second kappa shape index (κ2) is 5.36. The minimum absolute atomic E-state index is 0.0708. The van der Waals surface area contributed by atoms with E-state index in [9.17, 15) is 4.79 Å². The first-order valence-corrected chi connectivity index (χ1v) is 8.74. The van der Waals surface area contributed by atoms with Gasteiger partial charge >= 0.3 is 0 Å². The van der Waals surface area contributed by atoms with Crippen molar-refractivity contribution in [3.63, 3.8) is 0 Å². The lowest BCUT2D eigenvalue weighted by Crippen LogP contribution is -2.19. The Morgan fingerprint density at radius 1 is 1.23 bits per heavy atom. The van der Waals surface area contributed by atoms with E-state index in [0.29, 0.717) is 6.54 Å². The number of nitrogens with zero attached hydrogens (tertiary/aromatic N) is 2. The number of rotatable bonds is 2. The minimum Gasteiger partial charge on any atom is -0.299 e. The summed E-state index contributed by atoms with van der Waals surface area (Å²) in [5.41, 5.74) is 5.18. The standard InChI is InChI=1S/C18H18N2OS/c1-2-20-11-19-17-16(18(20)21)15(10-22-17)14-8-7-12-5-3-4-6-13(12)9-14/h7-11H,2-6H2,1H3. The third-order valence-electron chi connectivity index (χ3n) is 4.56. The first-order valence-electron chi connectivity index (χ1n) is 7.86. The summed E-state index contributed by atoms with van der Waals surface area (Å²) in [6.45, 7) is 2.63. The second-order valence-corrected chi connectivity index (χ2v) is 6.71. The van der Waals surface area contributed by atoms with E-state index in [1.54, 1.807) is 22.2 Å². The summed E-state index contributed by atoms with van der Waals surface area (Å²) in [6, 6.07) is 6.68. The summed E-state index contributed by atoms with van der Waals surface area (Å²) in [7, 11) is 0. The van der Waals surface area contributed by atoms with Crippen molar-refractivity contribution in [3.05, 3.63) is 51.4 Å². The van der Waals surface area contributed by atoms with Crippen molar-refractivity contribution in [1.29, 1.82) is 0 Å². The van der Waals surface area contributed by atoms with Crippen molar-refractivity contribution >= 4 is 21.6 Å². The van der Waals surface area contributed by atoms with Crippen molar-refractivity contribution < 1.29 is 0 Å². The Balaban J connectivity index is 1.93. The molecule has 0 saturated heterocycles. The Hall–Kier alpha value is -1.94. The van der Waals surface area contributed by atoms with Crippen molar-refractivity contribution in [1.82, 2.24) is 9.55 Å². The predicted molar refractivity (Wildman–Crippen MR) is 91.6 cm³/mol. The molecule has 0 unspecified atom stereocenters. The van der Waals surface area contributed by atoms with Crippen LogP contribution in [-0.4, -0.2) is 9.55 Å². The Morgan fingerprint density at radius 2 is 2.05 bits per heavy atom. The molecule has 22 heavy (non-hydrogen) atoms. The molecule has 4 rings (SSSR count). The zero-order valence-electron chi connectivity index (χ0n) is 12.6. The van der Waals surface area contributed by atoms with Gasteiger partial charge in [0.15, 0.2) is 0 Å². The molecule has 2 aromatic heterocycles. The molecule has 0 bridgehead atoms. The molecule has 1 aliphatic rings.